The first-order valence-electron chi connectivity index (χ1n) is 4.73. The molecule has 0 spiro atoms. The summed E-state index contributed by atoms with van der Waals surface area (Å²) in [6.45, 7) is 6.04. The molecule has 0 heterocycles. The van der Waals surface area contributed by atoms with Crippen molar-refractivity contribution in [3.05, 3.63) is 0 Å². The molecule has 4 heteroatoms. The van der Waals surface area contributed by atoms with Crippen LogP contribution in [0.5, 0.6) is 0 Å². The first-order chi connectivity index (χ1) is 6.04. The van der Waals surface area contributed by atoms with Gasteiger partial charge in [-0.1, -0.05) is 26.8 Å². The zero-order valence-corrected chi connectivity index (χ0v) is 10.5. The fourth-order valence-electron chi connectivity index (χ4n) is 1.14. The van der Waals surface area contributed by atoms with Gasteiger partial charge in [0.1, 0.15) is 0 Å². The molecule has 0 aliphatic carbocycles. The summed E-state index contributed by atoms with van der Waals surface area (Å²) in [5.74, 6) is -0.0922. The van der Waals surface area contributed by atoms with E-state index in [9.17, 15) is 5.11 Å². The topological polar surface area (TPSA) is 40.5 Å². The fourth-order valence-corrected chi connectivity index (χ4v) is 3.72. The third kappa shape index (κ3) is 4.29. The average Bonchev–Trinajstić information content (AvgIpc) is 2.14. The lowest BCUT2D eigenvalue weighted by Gasteiger charge is -2.15. The van der Waals surface area contributed by atoms with Crippen LogP contribution in [-0.2, 0) is 0 Å². The maximum absolute atomic E-state index is 9.74. The van der Waals surface area contributed by atoms with Gasteiger partial charge >= 0.3 is 0 Å². The van der Waals surface area contributed by atoms with Gasteiger partial charge in [-0.3, -0.25) is 0 Å². The van der Waals surface area contributed by atoms with Crippen molar-refractivity contribution >= 4 is 26.4 Å². The number of thiol groups is 1. The van der Waals surface area contributed by atoms with Crippen LogP contribution >= 0.6 is 12.6 Å². The van der Waals surface area contributed by atoms with E-state index < -0.39 is 8.41 Å². The largest absolute Gasteiger partial charge is 0.518 e. The quantitative estimate of drug-likeness (QED) is 0.485. The van der Waals surface area contributed by atoms with Crippen molar-refractivity contribution in [3.63, 3.8) is 0 Å². The van der Waals surface area contributed by atoms with Crippen LogP contribution in [0, 0.1) is 5.92 Å². The number of rotatable bonds is 5. The second-order valence-corrected chi connectivity index (χ2v) is 7.14. The lowest BCUT2D eigenvalue weighted by atomic mass is 10.2. The Morgan fingerprint density at radius 1 is 1.54 bits per heavy atom. The molecule has 0 aliphatic rings. The summed E-state index contributed by atoms with van der Waals surface area (Å²) in [7, 11) is -0.942. The molecule has 78 valence electrons. The van der Waals surface area contributed by atoms with E-state index in [1.165, 1.54) is 0 Å². The Hall–Kier alpha value is 0.197. The van der Waals surface area contributed by atoms with Gasteiger partial charge in [-0.25, -0.2) is 0 Å². The summed E-state index contributed by atoms with van der Waals surface area (Å²) in [5, 5.41) is 19.1. The molecule has 0 fully saturated rings. The van der Waals surface area contributed by atoms with E-state index >= 15 is 0 Å². The predicted octanol–water partition coefficient (Wildman–Crippen LogP) is 1.46. The van der Waals surface area contributed by atoms with Gasteiger partial charge in [0.05, 0.1) is 20.4 Å². The second-order valence-electron chi connectivity index (χ2n) is 3.46. The van der Waals surface area contributed by atoms with Crippen LogP contribution in [-0.4, -0.2) is 35.5 Å². The summed E-state index contributed by atoms with van der Waals surface area (Å²) in [6, 6.07) is 0. The Kier molecular flexibility index (Phi) is 6.72. The minimum atomic E-state index is -0.942. The zero-order valence-electron chi connectivity index (χ0n) is 8.62. The van der Waals surface area contributed by atoms with Crippen LogP contribution in [0.15, 0.2) is 0 Å². The highest BCUT2D eigenvalue weighted by molar-refractivity contribution is 7.82. The summed E-state index contributed by atoms with van der Waals surface area (Å²) >= 11 is 4.46. The lowest BCUT2D eigenvalue weighted by molar-refractivity contribution is 0.259. The van der Waals surface area contributed by atoms with Crippen molar-refractivity contribution < 1.29 is 10.2 Å². The molecule has 13 heavy (non-hydrogen) atoms. The molecule has 0 amide bonds. The van der Waals surface area contributed by atoms with E-state index in [0.29, 0.717) is 10.2 Å². The first-order valence-corrected chi connectivity index (χ1v) is 7.32. The fraction of sp³-hybridized carbons (Fsp3) is 0.889. The monoisotopic (exact) mass is 220 g/mol. The van der Waals surface area contributed by atoms with E-state index in [4.69, 9.17) is 5.11 Å². The zero-order chi connectivity index (χ0) is 10.4. The molecule has 0 radical (unpaired) electrons. The van der Waals surface area contributed by atoms with Gasteiger partial charge in [0.2, 0.25) is 0 Å². The third-order valence-electron chi connectivity index (χ3n) is 2.21. The minimum absolute atomic E-state index is 0.0282. The van der Waals surface area contributed by atoms with Crippen LogP contribution in [0.4, 0.5) is 0 Å². The molecule has 0 saturated heterocycles. The number of hydrogen-bond donors (Lipinski definition) is 3. The standard InChI is InChI=1S/C9H20O2SSi/c1-4-5-8(12)13(3)9(11)7(2)6-10/h7-8,10-12H,4-6H2,1-3H3/b13-9+. The predicted molar refractivity (Wildman–Crippen MR) is 62.5 cm³/mol. The molecule has 0 rings (SSSR count). The SMILES string of the molecule is CCCC(S)/[Si](C)=C(/O)C(C)CO. The van der Waals surface area contributed by atoms with E-state index in [2.05, 4.69) is 26.1 Å². The molecule has 2 atom stereocenters. The summed E-state index contributed by atoms with van der Waals surface area (Å²) in [5.41, 5.74) is 0. The van der Waals surface area contributed by atoms with Crippen molar-refractivity contribution in [2.75, 3.05) is 6.61 Å². The molecule has 2 unspecified atom stereocenters. The van der Waals surface area contributed by atoms with Gasteiger partial charge < -0.3 is 10.2 Å². The highest BCUT2D eigenvalue weighted by Gasteiger charge is 2.14. The number of aliphatic hydroxyl groups is 2. The Balaban J connectivity index is 4.40. The smallest absolute Gasteiger partial charge is 0.0703 e. The van der Waals surface area contributed by atoms with E-state index in [1.807, 2.05) is 6.92 Å². The Bertz CT molecular complexity index is 182. The van der Waals surface area contributed by atoms with Crippen molar-refractivity contribution in [1.82, 2.24) is 0 Å². The van der Waals surface area contributed by atoms with E-state index in [0.717, 1.165) is 12.8 Å². The second kappa shape index (κ2) is 6.62. The molecule has 0 bridgehead atoms. The van der Waals surface area contributed by atoms with Crippen LogP contribution < -0.4 is 0 Å². The van der Waals surface area contributed by atoms with Crippen molar-refractivity contribution in [1.29, 1.82) is 0 Å². The van der Waals surface area contributed by atoms with Crippen LogP contribution in [0.2, 0.25) is 6.55 Å². The first kappa shape index (κ1) is 13.2. The van der Waals surface area contributed by atoms with Gasteiger partial charge in [0.15, 0.2) is 0 Å². The molecule has 0 saturated carbocycles. The molecule has 0 aromatic heterocycles. The van der Waals surface area contributed by atoms with Crippen molar-refractivity contribution in [3.8, 4) is 0 Å². The highest BCUT2D eigenvalue weighted by atomic mass is 32.1. The number of hydrogen-bond acceptors (Lipinski definition) is 3. The van der Waals surface area contributed by atoms with E-state index in [-0.39, 0.29) is 12.5 Å². The van der Waals surface area contributed by atoms with Crippen LogP contribution in [0.3, 0.4) is 0 Å². The minimum Gasteiger partial charge on any atom is -0.518 e. The summed E-state index contributed by atoms with van der Waals surface area (Å²) < 4.78 is 0. The molecule has 0 aromatic carbocycles. The van der Waals surface area contributed by atoms with Gasteiger partial charge in [0.25, 0.3) is 0 Å². The van der Waals surface area contributed by atoms with Gasteiger partial charge in [-0.2, -0.15) is 12.6 Å². The van der Waals surface area contributed by atoms with Gasteiger partial charge in [-0.05, 0) is 6.42 Å². The third-order valence-corrected chi connectivity index (χ3v) is 6.22. The van der Waals surface area contributed by atoms with E-state index in [1.54, 1.807) is 0 Å². The van der Waals surface area contributed by atoms with Crippen LogP contribution in [0.1, 0.15) is 26.7 Å². The average molecular weight is 220 g/mol. The maximum Gasteiger partial charge on any atom is 0.0703 e. The van der Waals surface area contributed by atoms with Gasteiger partial charge in [-0.15, -0.1) is 0 Å². The summed E-state index contributed by atoms with van der Waals surface area (Å²) in [4.78, 5) is 0.295. The lowest BCUT2D eigenvalue weighted by Crippen LogP contribution is -2.29. The van der Waals surface area contributed by atoms with Crippen molar-refractivity contribution in [2.45, 2.75) is 38.1 Å². The Morgan fingerprint density at radius 2 is 2.08 bits per heavy atom. The van der Waals surface area contributed by atoms with Crippen molar-refractivity contribution in [2.24, 2.45) is 5.92 Å². The molecular weight excluding hydrogens is 200 g/mol. The van der Waals surface area contributed by atoms with Gasteiger partial charge in [0, 0.05) is 10.8 Å². The number of aliphatic hydroxyl groups excluding tert-OH is 2. The molecule has 2 nitrogen and oxygen atoms in total. The molecule has 0 aliphatic heterocycles. The normalized spacial score (nSPS) is 17.9. The molecule has 0 aromatic rings. The highest BCUT2D eigenvalue weighted by Crippen LogP contribution is 2.07. The maximum atomic E-state index is 9.74. The Labute approximate surface area is 87.6 Å². The summed E-state index contributed by atoms with van der Waals surface area (Å²) in [6.07, 6.45) is 2.13. The molecular formula is C9H20O2SSi. The molecule has 2 N–H and O–H groups in total. The Morgan fingerprint density at radius 3 is 2.46 bits per heavy atom. The van der Waals surface area contributed by atoms with Crippen LogP contribution in [0.25, 0.3) is 0 Å².